The Bertz CT molecular complexity index is 1890. The van der Waals surface area contributed by atoms with E-state index in [1.165, 1.54) is 4.90 Å². The molecule has 2 aliphatic rings. The van der Waals surface area contributed by atoms with Crippen molar-refractivity contribution in [2.24, 2.45) is 0 Å². The van der Waals surface area contributed by atoms with E-state index in [0.717, 1.165) is 44.6 Å². The number of hydrogen-bond acceptors (Lipinski definition) is 4. The number of methoxy groups -OCH3 is 1. The number of aromatic amines is 1. The standard InChI is InChI=1S/C35H30N4O4/c1-21-9-3-4-10-24(21)32-31-27(25-11-5-7-13-28(25)37-31)19-30-34(41)39(35(42)38(30)32)29-14-8-6-12-26(29)33(40)36-20-22-15-17-23(43-2)18-16-22/h3-18,30,32,37H,19-20H2,1-2H3,(H,36,40). The van der Waals surface area contributed by atoms with Crippen LogP contribution in [-0.4, -0.2) is 40.9 Å². The molecule has 0 bridgehead atoms. The lowest BCUT2D eigenvalue weighted by Crippen LogP contribution is -2.44. The van der Waals surface area contributed by atoms with Crippen molar-refractivity contribution in [2.45, 2.75) is 32.0 Å². The zero-order chi connectivity index (χ0) is 29.7. The summed E-state index contributed by atoms with van der Waals surface area (Å²) in [6.07, 6.45) is 0.384. The minimum Gasteiger partial charge on any atom is -0.497 e. The molecular formula is C35H30N4O4. The van der Waals surface area contributed by atoms with Gasteiger partial charge in [0.05, 0.1) is 18.4 Å². The van der Waals surface area contributed by atoms with Crippen molar-refractivity contribution in [2.75, 3.05) is 12.0 Å². The molecule has 0 spiro atoms. The average molecular weight is 571 g/mol. The maximum atomic E-state index is 14.4. The molecule has 1 aromatic heterocycles. The molecule has 214 valence electrons. The Morgan fingerprint density at radius 2 is 1.65 bits per heavy atom. The van der Waals surface area contributed by atoms with E-state index in [2.05, 4.69) is 16.4 Å². The molecule has 8 nitrogen and oxygen atoms in total. The van der Waals surface area contributed by atoms with Crippen LogP contribution in [0.5, 0.6) is 5.75 Å². The molecule has 4 amide bonds. The summed E-state index contributed by atoms with van der Waals surface area (Å²) in [6, 6.07) is 28.5. The molecule has 5 aromatic rings. The molecular weight excluding hydrogens is 540 g/mol. The molecule has 7 rings (SSSR count). The lowest BCUT2D eigenvalue weighted by molar-refractivity contribution is -0.120. The molecule has 1 fully saturated rings. The summed E-state index contributed by atoms with van der Waals surface area (Å²) in [6.45, 7) is 2.30. The van der Waals surface area contributed by atoms with Crippen molar-refractivity contribution in [3.05, 3.63) is 131 Å². The molecule has 2 atom stereocenters. The van der Waals surface area contributed by atoms with Crippen molar-refractivity contribution in [1.29, 1.82) is 0 Å². The maximum Gasteiger partial charge on any atom is 0.332 e. The lowest BCUT2D eigenvalue weighted by Gasteiger charge is -2.36. The highest BCUT2D eigenvalue weighted by atomic mass is 16.5. The number of fused-ring (bicyclic) bond motifs is 4. The number of para-hydroxylation sites is 2. The Morgan fingerprint density at radius 1 is 0.930 bits per heavy atom. The first-order valence-electron chi connectivity index (χ1n) is 14.3. The fraction of sp³-hybridized carbons (Fsp3) is 0.171. The molecule has 4 aromatic carbocycles. The van der Waals surface area contributed by atoms with Gasteiger partial charge in [0.15, 0.2) is 0 Å². The summed E-state index contributed by atoms with van der Waals surface area (Å²) in [5, 5.41) is 3.98. The third kappa shape index (κ3) is 4.34. The first-order valence-corrected chi connectivity index (χ1v) is 14.3. The zero-order valence-electron chi connectivity index (χ0n) is 23.8. The number of nitrogens with one attached hydrogen (secondary N) is 2. The van der Waals surface area contributed by atoms with Gasteiger partial charge in [-0.15, -0.1) is 0 Å². The second kappa shape index (κ2) is 10.5. The van der Waals surface area contributed by atoms with Crippen LogP contribution < -0.4 is 15.0 Å². The van der Waals surface area contributed by atoms with E-state index in [1.807, 2.05) is 73.7 Å². The van der Waals surface area contributed by atoms with Gasteiger partial charge in [0.1, 0.15) is 17.8 Å². The van der Waals surface area contributed by atoms with Crippen molar-refractivity contribution in [3.63, 3.8) is 0 Å². The Morgan fingerprint density at radius 3 is 2.44 bits per heavy atom. The van der Waals surface area contributed by atoms with E-state index in [1.54, 1.807) is 36.3 Å². The van der Waals surface area contributed by atoms with E-state index in [9.17, 15) is 14.4 Å². The largest absolute Gasteiger partial charge is 0.497 e. The minimum atomic E-state index is -0.709. The predicted octanol–water partition coefficient (Wildman–Crippen LogP) is 5.90. The van der Waals surface area contributed by atoms with Gasteiger partial charge in [0.2, 0.25) is 0 Å². The van der Waals surface area contributed by atoms with Crippen LogP contribution in [0.15, 0.2) is 97.1 Å². The Labute approximate surface area is 248 Å². The molecule has 0 saturated carbocycles. The van der Waals surface area contributed by atoms with E-state index in [0.29, 0.717) is 6.42 Å². The molecule has 2 unspecified atom stereocenters. The number of urea groups is 1. The van der Waals surface area contributed by atoms with Crippen LogP contribution in [0.3, 0.4) is 0 Å². The summed E-state index contributed by atoms with van der Waals surface area (Å²) in [7, 11) is 1.60. The van der Waals surface area contributed by atoms with Crippen LogP contribution in [0.1, 0.15) is 44.3 Å². The molecule has 2 aliphatic heterocycles. The number of benzene rings is 4. The van der Waals surface area contributed by atoms with Crippen LogP contribution in [-0.2, 0) is 17.8 Å². The highest BCUT2D eigenvalue weighted by Crippen LogP contribution is 2.45. The van der Waals surface area contributed by atoms with Gasteiger partial charge in [-0.3, -0.25) is 14.5 Å². The molecule has 3 heterocycles. The normalized spacial score (nSPS) is 17.6. The van der Waals surface area contributed by atoms with Crippen molar-refractivity contribution in [3.8, 4) is 5.75 Å². The zero-order valence-corrected chi connectivity index (χ0v) is 23.8. The minimum absolute atomic E-state index is 0.258. The number of anilines is 1. The van der Waals surface area contributed by atoms with Crippen molar-refractivity contribution >= 4 is 34.4 Å². The molecule has 8 heteroatoms. The third-order valence-corrected chi connectivity index (χ3v) is 8.53. The molecule has 43 heavy (non-hydrogen) atoms. The second-order valence-corrected chi connectivity index (χ2v) is 11.0. The SMILES string of the molecule is COc1ccc(CNC(=O)c2ccccc2N2C(=O)C3Cc4c([nH]c5ccccc45)C(c4ccccc4C)N3C2=O)cc1. The average Bonchev–Trinajstić information content (AvgIpc) is 3.53. The summed E-state index contributed by atoms with van der Waals surface area (Å²) in [4.78, 5) is 48.5. The number of aromatic nitrogens is 1. The first-order chi connectivity index (χ1) is 21.0. The van der Waals surface area contributed by atoms with Gasteiger partial charge in [-0.25, -0.2) is 9.69 Å². The van der Waals surface area contributed by atoms with E-state index in [4.69, 9.17) is 4.74 Å². The fourth-order valence-electron chi connectivity index (χ4n) is 6.40. The van der Waals surface area contributed by atoms with Gasteiger partial charge in [-0.1, -0.05) is 66.7 Å². The van der Waals surface area contributed by atoms with E-state index < -0.39 is 18.1 Å². The number of nitrogens with zero attached hydrogens (tertiary/aromatic N) is 2. The van der Waals surface area contributed by atoms with Gasteiger partial charge < -0.3 is 15.0 Å². The Kier molecular flexibility index (Phi) is 6.46. The number of rotatable bonds is 6. The number of amides is 4. The molecule has 2 N–H and O–H groups in total. The molecule has 0 aliphatic carbocycles. The van der Waals surface area contributed by atoms with E-state index >= 15 is 0 Å². The summed E-state index contributed by atoms with van der Waals surface area (Å²) < 4.78 is 5.21. The maximum absolute atomic E-state index is 14.4. The van der Waals surface area contributed by atoms with Crippen LogP contribution in [0.2, 0.25) is 0 Å². The number of aryl methyl sites for hydroxylation is 1. The van der Waals surface area contributed by atoms with Gasteiger partial charge >= 0.3 is 6.03 Å². The first kappa shape index (κ1) is 26.5. The van der Waals surface area contributed by atoms with Crippen molar-refractivity contribution < 1.29 is 19.1 Å². The number of H-pyrrole nitrogens is 1. The van der Waals surface area contributed by atoms with Gasteiger partial charge in [0.25, 0.3) is 11.8 Å². The van der Waals surface area contributed by atoms with Gasteiger partial charge in [-0.05, 0) is 59.5 Å². The number of carbonyl (C=O) groups excluding carboxylic acids is 3. The summed E-state index contributed by atoms with van der Waals surface area (Å²) >= 11 is 0. The van der Waals surface area contributed by atoms with Crippen molar-refractivity contribution in [1.82, 2.24) is 15.2 Å². The quantitative estimate of drug-likeness (QED) is 0.249. The lowest BCUT2D eigenvalue weighted by atomic mass is 9.87. The number of imide groups is 1. The van der Waals surface area contributed by atoms with Gasteiger partial charge in [-0.2, -0.15) is 0 Å². The molecule has 0 radical (unpaired) electrons. The Hall–Kier alpha value is -5.37. The second-order valence-electron chi connectivity index (χ2n) is 11.0. The molecule has 1 saturated heterocycles. The van der Waals surface area contributed by atoms with Crippen LogP contribution in [0.4, 0.5) is 10.5 Å². The van der Waals surface area contributed by atoms with Crippen LogP contribution in [0, 0.1) is 6.92 Å². The summed E-state index contributed by atoms with van der Waals surface area (Å²) in [5.74, 6) is 0.0181. The van der Waals surface area contributed by atoms with E-state index in [-0.39, 0.29) is 29.6 Å². The number of hydrogen-bond donors (Lipinski definition) is 2. The third-order valence-electron chi connectivity index (χ3n) is 8.53. The van der Waals surface area contributed by atoms with Crippen LogP contribution in [0.25, 0.3) is 10.9 Å². The fourth-order valence-corrected chi connectivity index (χ4v) is 6.40. The highest BCUT2D eigenvalue weighted by Gasteiger charge is 2.53. The topological polar surface area (TPSA) is 94.7 Å². The van der Waals surface area contributed by atoms with Gasteiger partial charge in [0, 0.05) is 29.6 Å². The number of carbonyl (C=O) groups is 3. The number of ether oxygens (including phenoxy) is 1. The Balaban J connectivity index is 1.26. The monoisotopic (exact) mass is 570 g/mol. The highest BCUT2D eigenvalue weighted by molar-refractivity contribution is 6.24. The predicted molar refractivity (Wildman–Crippen MR) is 164 cm³/mol. The summed E-state index contributed by atoms with van der Waals surface area (Å²) in [5.41, 5.74) is 6.33. The smallest absolute Gasteiger partial charge is 0.332 e. The van der Waals surface area contributed by atoms with Crippen LogP contribution >= 0.6 is 0 Å².